The van der Waals surface area contributed by atoms with Crippen molar-refractivity contribution in [3.8, 4) is 0 Å². The molecule has 10 heteroatoms. The van der Waals surface area contributed by atoms with Gasteiger partial charge in [-0.25, -0.2) is 0 Å². The molecule has 0 aliphatic carbocycles. The number of fused-ring (bicyclic) bond motifs is 2. The maximum atomic E-state index is 15.2. The number of benzene rings is 2. The predicted molar refractivity (Wildman–Crippen MR) is 187 cm³/mol. The van der Waals surface area contributed by atoms with Gasteiger partial charge in [0.15, 0.2) is 0 Å². The maximum Gasteiger partial charge on any atom is 0.313 e. The molecule has 0 unspecified atom stereocenters. The van der Waals surface area contributed by atoms with Crippen molar-refractivity contribution in [1.82, 2.24) is 15.1 Å². The van der Waals surface area contributed by atoms with Gasteiger partial charge < -0.3 is 29.7 Å². The van der Waals surface area contributed by atoms with Crippen LogP contribution in [-0.4, -0.2) is 81.6 Å². The van der Waals surface area contributed by atoms with E-state index in [4.69, 9.17) is 9.47 Å². The molecule has 6 rings (SSSR count). The van der Waals surface area contributed by atoms with Crippen LogP contribution in [0.25, 0.3) is 0 Å². The summed E-state index contributed by atoms with van der Waals surface area (Å²) in [5.74, 6) is -3.82. The van der Waals surface area contributed by atoms with Crippen molar-refractivity contribution >= 4 is 23.7 Å². The Kier molecular flexibility index (Phi) is 9.81. The number of aliphatic hydroxyl groups is 1. The summed E-state index contributed by atoms with van der Waals surface area (Å²) in [6, 6.07) is 16.3. The Morgan fingerprint density at radius 1 is 0.940 bits per heavy atom. The Labute approximate surface area is 294 Å². The third kappa shape index (κ3) is 6.63. The zero-order chi connectivity index (χ0) is 35.8. The second-order valence-corrected chi connectivity index (χ2v) is 15.7. The second kappa shape index (κ2) is 13.8. The number of hydrogen-bond acceptors (Lipinski definition) is 7. The number of esters is 1. The van der Waals surface area contributed by atoms with Gasteiger partial charge in [0.25, 0.3) is 0 Å². The molecule has 3 amide bonds. The summed E-state index contributed by atoms with van der Waals surface area (Å²) in [6.07, 6.45) is 6.78. The number of cyclic esters (lactones) is 1. The van der Waals surface area contributed by atoms with Crippen molar-refractivity contribution in [3.63, 3.8) is 0 Å². The molecule has 2 aromatic rings. The number of nitrogens with one attached hydrogen (secondary N) is 1. The molecule has 4 aliphatic rings. The van der Waals surface area contributed by atoms with Crippen molar-refractivity contribution in [2.45, 2.75) is 89.3 Å². The van der Waals surface area contributed by atoms with Gasteiger partial charge in [0.05, 0.1) is 31.2 Å². The van der Waals surface area contributed by atoms with Crippen molar-refractivity contribution in [3.05, 3.63) is 96.1 Å². The zero-order valence-electron chi connectivity index (χ0n) is 29.6. The summed E-state index contributed by atoms with van der Waals surface area (Å²) in [5.41, 5.74) is -0.877. The third-order valence-electron chi connectivity index (χ3n) is 10.4. The van der Waals surface area contributed by atoms with Gasteiger partial charge in [-0.05, 0) is 43.2 Å². The Balaban J connectivity index is 1.48. The van der Waals surface area contributed by atoms with Gasteiger partial charge in [-0.1, -0.05) is 106 Å². The van der Waals surface area contributed by atoms with Crippen LogP contribution in [0.3, 0.4) is 0 Å². The van der Waals surface area contributed by atoms with E-state index in [2.05, 4.69) is 26.1 Å². The maximum absolute atomic E-state index is 15.2. The SMILES string of the molecule is CC(C)(C)CC(C)(C)N1CC=C[C@@]23O[C@H]4/C=C\CCC(=O)NC[C@H](c5ccccc5)OC(=O)[C@H]4[C@@H]2C(=O)N([C@H](CO)c2ccccc2)[C@H]3C1=O. The van der Waals surface area contributed by atoms with Crippen LogP contribution < -0.4 is 5.32 Å². The first-order valence-corrected chi connectivity index (χ1v) is 17.6. The minimum absolute atomic E-state index is 0.0614. The largest absolute Gasteiger partial charge is 0.455 e. The van der Waals surface area contributed by atoms with Crippen LogP contribution in [0.1, 0.15) is 77.2 Å². The number of likely N-dealkylation sites (tertiary alicyclic amines) is 1. The van der Waals surface area contributed by atoms with Crippen LogP contribution in [0.15, 0.2) is 85.0 Å². The van der Waals surface area contributed by atoms with Crippen molar-refractivity contribution in [1.29, 1.82) is 0 Å². The van der Waals surface area contributed by atoms with E-state index in [1.807, 2.05) is 80.6 Å². The Bertz CT molecular complexity index is 1650. The van der Waals surface area contributed by atoms with Crippen molar-refractivity contribution in [2.24, 2.45) is 17.3 Å². The number of carbonyl (C=O) groups excluding carboxylic acids is 4. The van der Waals surface area contributed by atoms with E-state index in [9.17, 15) is 14.7 Å². The fourth-order valence-electron chi connectivity index (χ4n) is 8.65. The van der Waals surface area contributed by atoms with Gasteiger partial charge in [-0.3, -0.25) is 19.2 Å². The Hall–Kier alpha value is -4.28. The quantitative estimate of drug-likeness (QED) is 0.335. The smallest absolute Gasteiger partial charge is 0.313 e. The van der Waals surface area contributed by atoms with E-state index in [0.717, 1.165) is 0 Å². The number of nitrogens with zero attached hydrogens (tertiary/aromatic N) is 2. The molecule has 7 atom stereocenters. The lowest BCUT2D eigenvalue weighted by Gasteiger charge is -2.45. The molecule has 0 radical (unpaired) electrons. The predicted octanol–water partition coefficient (Wildman–Crippen LogP) is 4.66. The highest BCUT2D eigenvalue weighted by molar-refractivity contribution is 5.99. The van der Waals surface area contributed by atoms with E-state index >= 15 is 9.59 Å². The molecule has 1 spiro atoms. The fraction of sp³-hybridized carbons (Fsp3) is 0.500. The molecular weight excluding hydrogens is 634 g/mol. The Morgan fingerprint density at radius 3 is 2.28 bits per heavy atom. The molecule has 2 N–H and O–H groups in total. The first-order valence-electron chi connectivity index (χ1n) is 17.6. The first-order chi connectivity index (χ1) is 23.8. The first kappa shape index (κ1) is 35.5. The van der Waals surface area contributed by atoms with Crippen LogP contribution in [0.4, 0.5) is 0 Å². The van der Waals surface area contributed by atoms with Crippen LogP contribution in [-0.2, 0) is 28.7 Å². The van der Waals surface area contributed by atoms with Gasteiger partial charge >= 0.3 is 5.97 Å². The summed E-state index contributed by atoms with van der Waals surface area (Å²) >= 11 is 0. The highest BCUT2D eigenvalue weighted by atomic mass is 16.6. The summed E-state index contributed by atoms with van der Waals surface area (Å²) in [6.45, 7) is 10.4. The van der Waals surface area contributed by atoms with Gasteiger partial charge in [0.1, 0.15) is 23.7 Å². The van der Waals surface area contributed by atoms with Gasteiger partial charge in [-0.2, -0.15) is 0 Å². The highest BCUT2D eigenvalue weighted by Gasteiger charge is 2.73. The van der Waals surface area contributed by atoms with E-state index in [0.29, 0.717) is 24.0 Å². The van der Waals surface area contributed by atoms with E-state index in [1.54, 1.807) is 23.1 Å². The molecule has 0 bridgehead atoms. The summed E-state index contributed by atoms with van der Waals surface area (Å²) in [4.78, 5) is 60.7. The molecule has 4 aliphatic heterocycles. The zero-order valence-corrected chi connectivity index (χ0v) is 29.6. The average molecular weight is 684 g/mol. The fourth-order valence-corrected chi connectivity index (χ4v) is 8.65. The number of allylic oxidation sites excluding steroid dienone is 1. The summed E-state index contributed by atoms with van der Waals surface area (Å²) in [7, 11) is 0. The van der Waals surface area contributed by atoms with Crippen LogP contribution in [0.2, 0.25) is 0 Å². The van der Waals surface area contributed by atoms with Crippen LogP contribution in [0, 0.1) is 17.3 Å². The summed E-state index contributed by atoms with van der Waals surface area (Å²) in [5, 5.41) is 13.8. The third-order valence-corrected chi connectivity index (χ3v) is 10.4. The molecule has 2 aromatic carbocycles. The van der Waals surface area contributed by atoms with Crippen LogP contribution >= 0.6 is 0 Å². The molecule has 0 aromatic heterocycles. The molecule has 0 saturated carbocycles. The van der Waals surface area contributed by atoms with Gasteiger partial charge in [0, 0.05) is 18.5 Å². The van der Waals surface area contributed by atoms with Gasteiger partial charge in [-0.15, -0.1) is 0 Å². The number of rotatable bonds is 6. The number of ether oxygens (including phenoxy) is 2. The highest BCUT2D eigenvalue weighted by Crippen LogP contribution is 2.55. The molecule has 4 heterocycles. The lowest BCUT2D eigenvalue weighted by molar-refractivity contribution is -0.161. The van der Waals surface area contributed by atoms with Crippen LogP contribution in [0.5, 0.6) is 0 Å². The lowest BCUT2D eigenvalue weighted by atomic mass is 9.77. The molecule has 10 nitrogen and oxygen atoms in total. The molecule has 2 fully saturated rings. The standard InChI is InChI=1S/C40H49N3O7/c1-38(2,3)25-39(4,5)42-22-14-21-40-33(35(46)43(34(40)36(42)47)28(24-44)26-15-8-6-9-16-26)32-29(50-40)19-12-13-20-31(45)41-23-30(49-37(32)48)27-17-10-7-11-18-27/h6-12,14-19,21,28-30,32-34,44H,13,20,22-25H2,1-5H3,(H,41,45)/b19-12-/t28-,29+,30-,32-,33-,34+,40-/m1/s1. The second-order valence-electron chi connectivity index (χ2n) is 15.7. The lowest BCUT2D eigenvalue weighted by Crippen LogP contribution is -2.60. The molecule has 50 heavy (non-hydrogen) atoms. The number of carbonyl (C=O) groups is 4. The summed E-state index contributed by atoms with van der Waals surface area (Å²) < 4.78 is 13.1. The van der Waals surface area contributed by atoms with Gasteiger partial charge in [0.2, 0.25) is 17.7 Å². The van der Waals surface area contributed by atoms with E-state index in [1.165, 1.54) is 4.90 Å². The molecular formula is C40H49N3O7. The molecule has 2 saturated heterocycles. The molecule has 266 valence electrons. The topological polar surface area (TPSA) is 125 Å². The average Bonchev–Trinajstić information content (AvgIpc) is 3.45. The normalized spacial score (nSPS) is 30.2. The Morgan fingerprint density at radius 2 is 1.62 bits per heavy atom. The number of aliphatic hydroxyl groups excluding tert-OH is 1. The van der Waals surface area contributed by atoms with E-state index in [-0.39, 0.29) is 36.7 Å². The monoisotopic (exact) mass is 683 g/mol. The number of amides is 3. The van der Waals surface area contributed by atoms with Crippen molar-refractivity contribution < 1.29 is 33.8 Å². The number of hydrogen-bond donors (Lipinski definition) is 2. The van der Waals surface area contributed by atoms with E-state index < -0.39 is 65.8 Å². The minimum atomic E-state index is -1.53. The van der Waals surface area contributed by atoms with Crippen molar-refractivity contribution in [2.75, 3.05) is 19.7 Å². The minimum Gasteiger partial charge on any atom is -0.455 e.